The van der Waals surface area contributed by atoms with Crippen molar-refractivity contribution >= 4 is 12.1 Å². The van der Waals surface area contributed by atoms with Crippen LogP contribution in [0.25, 0.3) is 11.3 Å². The van der Waals surface area contributed by atoms with Crippen LogP contribution in [-0.2, 0) is 0 Å². The molecule has 2 aromatic heterocycles. The monoisotopic (exact) mass is 351 g/mol. The third kappa shape index (κ3) is 3.86. The molecule has 2 heterocycles. The van der Waals surface area contributed by atoms with Crippen LogP contribution >= 0.6 is 0 Å². The van der Waals surface area contributed by atoms with E-state index >= 15 is 0 Å². The number of nitrogens with zero attached hydrogens (tertiary/aromatic N) is 3. The Morgan fingerprint density at radius 3 is 2.62 bits per heavy atom. The zero-order chi connectivity index (χ0) is 18.4. The van der Waals surface area contributed by atoms with Crippen molar-refractivity contribution in [3.8, 4) is 22.8 Å². The summed E-state index contributed by atoms with van der Waals surface area (Å²) >= 11 is 0. The second-order valence-electron chi connectivity index (χ2n) is 5.22. The van der Waals surface area contributed by atoms with Gasteiger partial charge in [0.05, 0.1) is 26.1 Å². The van der Waals surface area contributed by atoms with Crippen LogP contribution in [0.2, 0.25) is 0 Å². The summed E-state index contributed by atoms with van der Waals surface area (Å²) in [6, 6.07) is 10.6. The Labute approximate surface area is 149 Å². The van der Waals surface area contributed by atoms with Crippen molar-refractivity contribution in [1.29, 1.82) is 0 Å². The average molecular weight is 351 g/mol. The first-order valence-corrected chi connectivity index (χ1v) is 7.72. The summed E-state index contributed by atoms with van der Waals surface area (Å²) in [6.07, 6.45) is 4.83. The predicted molar refractivity (Wildman–Crippen MR) is 96.4 cm³/mol. The summed E-state index contributed by atoms with van der Waals surface area (Å²) in [7, 11) is 3.13. The molecule has 3 rings (SSSR count). The number of ether oxygens (including phenoxy) is 2. The Hall–Kier alpha value is -3.68. The van der Waals surface area contributed by atoms with Gasteiger partial charge in [0.25, 0.3) is 5.91 Å². The van der Waals surface area contributed by atoms with Crippen LogP contribution in [0.1, 0.15) is 16.1 Å². The van der Waals surface area contributed by atoms with Gasteiger partial charge in [-0.25, -0.2) is 5.43 Å². The van der Waals surface area contributed by atoms with Gasteiger partial charge in [-0.3, -0.25) is 14.9 Å². The fourth-order valence-corrected chi connectivity index (χ4v) is 2.26. The van der Waals surface area contributed by atoms with E-state index < -0.39 is 5.91 Å². The molecule has 0 spiro atoms. The lowest BCUT2D eigenvalue weighted by atomic mass is 10.1. The number of methoxy groups -OCH3 is 2. The molecule has 2 N–H and O–H groups in total. The number of carbonyl (C=O) groups excluding carboxylic acids is 1. The smallest absolute Gasteiger partial charge is 0.289 e. The van der Waals surface area contributed by atoms with Crippen molar-refractivity contribution in [3.63, 3.8) is 0 Å². The minimum atomic E-state index is -0.394. The van der Waals surface area contributed by atoms with Gasteiger partial charge in [-0.15, -0.1) is 0 Å². The number of aromatic nitrogens is 3. The van der Waals surface area contributed by atoms with Crippen molar-refractivity contribution in [2.75, 3.05) is 14.2 Å². The molecule has 26 heavy (non-hydrogen) atoms. The molecule has 1 amide bonds. The van der Waals surface area contributed by atoms with Crippen molar-refractivity contribution in [2.45, 2.75) is 0 Å². The number of carbonyl (C=O) groups is 1. The Morgan fingerprint density at radius 1 is 1.12 bits per heavy atom. The minimum Gasteiger partial charge on any atom is -0.493 e. The maximum atomic E-state index is 12.1. The van der Waals surface area contributed by atoms with E-state index in [0.717, 1.165) is 11.1 Å². The first kappa shape index (κ1) is 17.2. The van der Waals surface area contributed by atoms with E-state index in [0.29, 0.717) is 22.9 Å². The summed E-state index contributed by atoms with van der Waals surface area (Å²) < 4.78 is 10.5. The van der Waals surface area contributed by atoms with Gasteiger partial charge in [0.2, 0.25) is 0 Å². The van der Waals surface area contributed by atoms with E-state index in [2.05, 4.69) is 25.7 Å². The number of pyridine rings is 1. The second kappa shape index (κ2) is 7.93. The van der Waals surface area contributed by atoms with Crippen LogP contribution in [0.15, 0.2) is 53.9 Å². The van der Waals surface area contributed by atoms with Gasteiger partial charge in [0.1, 0.15) is 5.69 Å². The van der Waals surface area contributed by atoms with Crippen molar-refractivity contribution in [3.05, 3.63) is 60.0 Å². The molecular formula is C18H17N5O3. The minimum absolute atomic E-state index is 0.293. The van der Waals surface area contributed by atoms with E-state index in [4.69, 9.17) is 9.47 Å². The molecule has 8 heteroatoms. The van der Waals surface area contributed by atoms with Crippen LogP contribution in [-0.4, -0.2) is 41.5 Å². The molecule has 0 saturated carbocycles. The van der Waals surface area contributed by atoms with Gasteiger partial charge in [-0.05, 0) is 42.0 Å². The number of nitrogens with one attached hydrogen (secondary N) is 2. The molecule has 132 valence electrons. The number of benzene rings is 1. The number of amides is 1. The molecule has 0 aliphatic heterocycles. The second-order valence-corrected chi connectivity index (χ2v) is 5.22. The van der Waals surface area contributed by atoms with Gasteiger partial charge in [0.15, 0.2) is 11.5 Å². The molecule has 0 aliphatic rings. The number of aromatic amines is 1. The van der Waals surface area contributed by atoms with Crippen molar-refractivity contribution in [2.24, 2.45) is 5.10 Å². The number of rotatable bonds is 6. The lowest BCUT2D eigenvalue weighted by Gasteiger charge is -2.08. The first-order chi connectivity index (χ1) is 12.7. The number of hydrogen-bond donors (Lipinski definition) is 2. The normalized spacial score (nSPS) is 10.7. The van der Waals surface area contributed by atoms with Gasteiger partial charge < -0.3 is 9.47 Å². The van der Waals surface area contributed by atoms with Crippen molar-refractivity contribution in [1.82, 2.24) is 20.6 Å². The molecule has 0 radical (unpaired) electrons. The first-order valence-electron chi connectivity index (χ1n) is 7.72. The topological polar surface area (TPSA) is 101 Å². The van der Waals surface area contributed by atoms with E-state index in [-0.39, 0.29) is 0 Å². The maximum Gasteiger partial charge on any atom is 0.289 e. The molecule has 0 fully saturated rings. The van der Waals surface area contributed by atoms with E-state index in [1.54, 1.807) is 56.9 Å². The van der Waals surface area contributed by atoms with Crippen LogP contribution in [0.5, 0.6) is 11.5 Å². The number of hydrogen-bond acceptors (Lipinski definition) is 6. The number of H-pyrrole nitrogens is 1. The Morgan fingerprint density at radius 2 is 1.88 bits per heavy atom. The third-order valence-electron chi connectivity index (χ3n) is 3.59. The Balaban J connectivity index is 1.71. The lowest BCUT2D eigenvalue weighted by molar-refractivity contribution is 0.0950. The lowest BCUT2D eigenvalue weighted by Crippen LogP contribution is -2.17. The highest BCUT2D eigenvalue weighted by molar-refractivity contribution is 5.94. The highest BCUT2D eigenvalue weighted by atomic mass is 16.5. The van der Waals surface area contributed by atoms with E-state index in [1.807, 2.05) is 6.07 Å². The molecule has 1 aromatic carbocycles. The Kier molecular flexibility index (Phi) is 5.23. The standard InChI is InChI=1S/C18H17N5O3/c1-25-16-4-3-13(9-17(16)26-2)14-10-15(22-21-14)18(24)23-20-11-12-5-7-19-8-6-12/h3-11H,1-2H3,(H,21,22)(H,23,24)/b20-11+. The van der Waals surface area contributed by atoms with Gasteiger partial charge in [-0.2, -0.15) is 10.2 Å². The van der Waals surface area contributed by atoms with Crippen molar-refractivity contribution < 1.29 is 14.3 Å². The SMILES string of the molecule is COc1ccc(-c2cc(C(=O)N/N=C/c3ccncc3)[nH]n2)cc1OC. The molecule has 0 aliphatic carbocycles. The molecule has 8 nitrogen and oxygen atoms in total. The zero-order valence-corrected chi connectivity index (χ0v) is 14.3. The quantitative estimate of drug-likeness (QED) is 0.524. The highest BCUT2D eigenvalue weighted by Gasteiger charge is 2.12. The summed E-state index contributed by atoms with van der Waals surface area (Å²) in [6.45, 7) is 0. The molecule has 0 bridgehead atoms. The predicted octanol–water partition coefficient (Wildman–Crippen LogP) is 2.25. The molecule has 0 unspecified atom stereocenters. The molecule has 3 aromatic rings. The van der Waals surface area contributed by atoms with Crippen LogP contribution < -0.4 is 14.9 Å². The van der Waals surface area contributed by atoms with Crippen LogP contribution in [0, 0.1) is 0 Å². The van der Waals surface area contributed by atoms with Crippen LogP contribution in [0.4, 0.5) is 0 Å². The molecule has 0 atom stereocenters. The Bertz CT molecular complexity index is 922. The fraction of sp³-hybridized carbons (Fsp3) is 0.111. The maximum absolute atomic E-state index is 12.1. The van der Waals surface area contributed by atoms with E-state index in [9.17, 15) is 4.79 Å². The summed E-state index contributed by atoms with van der Waals surface area (Å²) in [5, 5.41) is 10.8. The summed E-state index contributed by atoms with van der Waals surface area (Å²) in [5.41, 5.74) is 4.97. The average Bonchev–Trinajstić information content (AvgIpc) is 3.18. The summed E-state index contributed by atoms with van der Waals surface area (Å²) in [4.78, 5) is 16.1. The van der Waals surface area contributed by atoms with Crippen LogP contribution in [0.3, 0.4) is 0 Å². The highest BCUT2D eigenvalue weighted by Crippen LogP contribution is 2.31. The zero-order valence-electron chi connectivity index (χ0n) is 14.3. The molecule has 0 saturated heterocycles. The molecular weight excluding hydrogens is 334 g/mol. The summed E-state index contributed by atoms with van der Waals surface area (Å²) in [5.74, 6) is 0.811. The fourth-order valence-electron chi connectivity index (χ4n) is 2.26. The van der Waals surface area contributed by atoms with E-state index in [1.165, 1.54) is 6.21 Å². The van der Waals surface area contributed by atoms with Gasteiger partial charge in [0, 0.05) is 18.0 Å². The largest absolute Gasteiger partial charge is 0.493 e. The van der Waals surface area contributed by atoms with Gasteiger partial charge >= 0.3 is 0 Å². The van der Waals surface area contributed by atoms with Gasteiger partial charge in [-0.1, -0.05) is 0 Å². The third-order valence-corrected chi connectivity index (χ3v) is 3.59. The number of hydrazone groups is 1.